The van der Waals surface area contributed by atoms with Crippen molar-refractivity contribution in [1.29, 1.82) is 0 Å². The smallest absolute Gasteiger partial charge is 0.160 e. The molecule has 2 aromatic rings. The van der Waals surface area contributed by atoms with Crippen molar-refractivity contribution in [3.63, 3.8) is 0 Å². The van der Waals surface area contributed by atoms with Crippen molar-refractivity contribution in [3.05, 3.63) is 48.0 Å². The first kappa shape index (κ1) is 9.16. The fourth-order valence-corrected chi connectivity index (χ4v) is 1.77. The van der Waals surface area contributed by atoms with Crippen LogP contribution in [0.1, 0.15) is 5.56 Å². The summed E-state index contributed by atoms with van der Waals surface area (Å²) in [6.07, 6.45) is 0.455. The van der Waals surface area contributed by atoms with Crippen molar-refractivity contribution in [1.82, 2.24) is 0 Å². The molecule has 1 nitrogen and oxygen atoms in total. The second kappa shape index (κ2) is 3.76. The number of thiocarbonyl (C=S) groups is 1. The maximum absolute atomic E-state index is 9.10. The lowest BCUT2D eigenvalue weighted by molar-refractivity contribution is 0.556. The number of aliphatic hydroxyl groups excluding tert-OH is 1. The Morgan fingerprint density at radius 2 is 1.79 bits per heavy atom. The van der Waals surface area contributed by atoms with E-state index >= 15 is 0 Å². The summed E-state index contributed by atoms with van der Waals surface area (Å²) in [6, 6.07) is 14.1. The first-order valence-electron chi connectivity index (χ1n) is 4.46. The monoisotopic (exact) mass is 202 g/mol. The normalized spacial score (nSPS) is 10.3. The highest BCUT2D eigenvalue weighted by atomic mass is 32.1. The predicted octanol–water partition coefficient (Wildman–Crippen LogP) is 3.27. The van der Waals surface area contributed by atoms with E-state index in [0.29, 0.717) is 6.42 Å². The molecule has 0 fully saturated rings. The number of fused-ring (bicyclic) bond motifs is 1. The van der Waals surface area contributed by atoms with Crippen LogP contribution in [0.15, 0.2) is 42.5 Å². The van der Waals surface area contributed by atoms with Gasteiger partial charge in [0.1, 0.15) is 0 Å². The topological polar surface area (TPSA) is 20.2 Å². The molecule has 70 valence electrons. The van der Waals surface area contributed by atoms with Gasteiger partial charge < -0.3 is 5.11 Å². The zero-order chi connectivity index (χ0) is 9.97. The van der Waals surface area contributed by atoms with Crippen molar-refractivity contribution < 1.29 is 5.11 Å². The van der Waals surface area contributed by atoms with E-state index in [2.05, 4.69) is 12.1 Å². The number of rotatable bonds is 2. The van der Waals surface area contributed by atoms with Gasteiger partial charge in [0.25, 0.3) is 0 Å². The number of hydrogen-bond acceptors (Lipinski definition) is 1. The molecule has 0 saturated heterocycles. The average Bonchev–Trinajstić information content (AvgIpc) is 2.18. The molecular formula is C12H10OS. The molecule has 0 unspecified atom stereocenters. The zero-order valence-corrected chi connectivity index (χ0v) is 8.42. The number of aliphatic hydroxyl groups is 1. The predicted molar refractivity (Wildman–Crippen MR) is 62.9 cm³/mol. The first-order chi connectivity index (χ1) is 6.77. The summed E-state index contributed by atoms with van der Waals surface area (Å²) in [6.45, 7) is 0. The van der Waals surface area contributed by atoms with Crippen LogP contribution < -0.4 is 0 Å². The molecular weight excluding hydrogens is 192 g/mol. The molecule has 0 bridgehead atoms. The highest BCUT2D eigenvalue weighted by molar-refractivity contribution is 7.80. The lowest BCUT2D eigenvalue weighted by atomic mass is 10.0. The molecule has 0 aliphatic heterocycles. The van der Waals surface area contributed by atoms with Gasteiger partial charge in [0.2, 0.25) is 0 Å². The van der Waals surface area contributed by atoms with E-state index in [1.807, 2.05) is 30.3 Å². The molecule has 2 rings (SSSR count). The van der Waals surface area contributed by atoms with Gasteiger partial charge in [0.05, 0.1) is 0 Å². The maximum atomic E-state index is 9.10. The van der Waals surface area contributed by atoms with Crippen LogP contribution in [-0.4, -0.2) is 10.2 Å². The molecule has 0 aliphatic rings. The van der Waals surface area contributed by atoms with Gasteiger partial charge in [-0.1, -0.05) is 42.5 Å². The van der Waals surface area contributed by atoms with Crippen molar-refractivity contribution in [2.75, 3.05) is 0 Å². The van der Waals surface area contributed by atoms with E-state index in [1.54, 1.807) is 0 Å². The van der Waals surface area contributed by atoms with E-state index in [9.17, 15) is 0 Å². The molecule has 14 heavy (non-hydrogen) atoms. The van der Waals surface area contributed by atoms with Crippen LogP contribution in [0.4, 0.5) is 0 Å². The highest BCUT2D eigenvalue weighted by Crippen LogP contribution is 2.18. The molecule has 0 amide bonds. The van der Waals surface area contributed by atoms with Crippen molar-refractivity contribution >= 4 is 28.0 Å². The third kappa shape index (κ3) is 1.75. The van der Waals surface area contributed by atoms with E-state index < -0.39 is 0 Å². The quantitative estimate of drug-likeness (QED) is 0.754. The Kier molecular flexibility index (Phi) is 2.46. The Balaban J connectivity index is 2.59. The van der Waals surface area contributed by atoms with Crippen LogP contribution in [0.5, 0.6) is 0 Å². The van der Waals surface area contributed by atoms with Gasteiger partial charge in [0.15, 0.2) is 5.05 Å². The van der Waals surface area contributed by atoms with Crippen LogP contribution in [-0.2, 0) is 6.42 Å². The molecule has 0 spiro atoms. The summed E-state index contributed by atoms with van der Waals surface area (Å²) in [4.78, 5) is 0. The Hall–Kier alpha value is -1.41. The van der Waals surface area contributed by atoms with E-state index in [4.69, 9.17) is 17.3 Å². The highest BCUT2D eigenvalue weighted by Gasteiger charge is 2.01. The van der Waals surface area contributed by atoms with E-state index in [0.717, 1.165) is 10.9 Å². The average molecular weight is 202 g/mol. The Morgan fingerprint density at radius 3 is 2.57 bits per heavy atom. The molecule has 0 aromatic heterocycles. The third-order valence-corrected chi connectivity index (χ3v) is 2.37. The molecule has 2 heteroatoms. The van der Waals surface area contributed by atoms with Gasteiger partial charge in [-0.05, 0) is 28.6 Å². The molecule has 0 saturated carbocycles. The van der Waals surface area contributed by atoms with E-state index in [-0.39, 0.29) is 5.05 Å². The summed E-state index contributed by atoms with van der Waals surface area (Å²) in [7, 11) is 0. The molecule has 0 radical (unpaired) electrons. The molecule has 2 aromatic carbocycles. The van der Waals surface area contributed by atoms with Gasteiger partial charge in [-0.25, -0.2) is 0 Å². The number of hydrogen-bond donors (Lipinski definition) is 1. The largest absolute Gasteiger partial charge is 0.502 e. The van der Waals surface area contributed by atoms with E-state index in [1.165, 1.54) is 5.39 Å². The molecule has 0 heterocycles. The summed E-state index contributed by atoms with van der Waals surface area (Å²) in [5.74, 6) is 0. The minimum absolute atomic E-state index is 0.0429. The number of benzene rings is 2. The van der Waals surface area contributed by atoms with Crippen molar-refractivity contribution in [3.8, 4) is 0 Å². The van der Waals surface area contributed by atoms with Gasteiger partial charge in [-0.3, -0.25) is 0 Å². The SMILES string of the molecule is OC(=S)Cc1cccc2ccccc12. The maximum Gasteiger partial charge on any atom is 0.160 e. The summed E-state index contributed by atoms with van der Waals surface area (Å²) in [5.41, 5.74) is 1.08. The van der Waals surface area contributed by atoms with Crippen LogP contribution >= 0.6 is 12.2 Å². The fraction of sp³-hybridized carbons (Fsp3) is 0.0833. The molecule has 0 atom stereocenters. The minimum Gasteiger partial charge on any atom is -0.502 e. The van der Waals surface area contributed by atoms with Crippen LogP contribution in [0.25, 0.3) is 10.8 Å². The van der Waals surface area contributed by atoms with Crippen molar-refractivity contribution in [2.24, 2.45) is 0 Å². The van der Waals surface area contributed by atoms with Crippen LogP contribution in [0.2, 0.25) is 0 Å². The first-order valence-corrected chi connectivity index (χ1v) is 4.86. The summed E-state index contributed by atoms with van der Waals surface area (Å²) >= 11 is 4.70. The standard InChI is InChI=1S/C12H10OS/c13-12(14)8-10-6-3-5-9-4-1-2-7-11(9)10/h1-7H,8H2,(H,13,14). The van der Waals surface area contributed by atoms with Gasteiger partial charge >= 0.3 is 0 Å². The Bertz CT molecular complexity index is 471. The van der Waals surface area contributed by atoms with Crippen LogP contribution in [0, 0.1) is 0 Å². The molecule has 0 aliphatic carbocycles. The Morgan fingerprint density at radius 1 is 1.07 bits per heavy atom. The summed E-state index contributed by atoms with van der Waals surface area (Å²) < 4.78 is 0. The Labute approximate surface area is 88.0 Å². The lowest BCUT2D eigenvalue weighted by Crippen LogP contribution is -1.97. The minimum atomic E-state index is 0.0429. The van der Waals surface area contributed by atoms with Gasteiger partial charge in [-0.2, -0.15) is 0 Å². The third-order valence-electron chi connectivity index (χ3n) is 2.22. The zero-order valence-electron chi connectivity index (χ0n) is 7.60. The fourth-order valence-electron chi connectivity index (χ4n) is 1.61. The van der Waals surface area contributed by atoms with Gasteiger partial charge in [0, 0.05) is 6.42 Å². The lowest BCUT2D eigenvalue weighted by Gasteiger charge is -2.04. The van der Waals surface area contributed by atoms with Crippen LogP contribution in [0.3, 0.4) is 0 Å². The molecule has 1 N–H and O–H groups in total. The summed E-state index contributed by atoms with van der Waals surface area (Å²) in [5, 5.41) is 11.5. The van der Waals surface area contributed by atoms with Crippen molar-refractivity contribution in [2.45, 2.75) is 6.42 Å². The second-order valence-electron chi connectivity index (χ2n) is 3.21. The second-order valence-corrected chi connectivity index (χ2v) is 3.68. The van der Waals surface area contributed by atoms with Gasteiger partial charge in [-0.15, -0.1) is 0 Å².